The molecular weight excluding hydrogens is 314 g/mol. The van der Waals surface area contributed by atoms with E-state index < -0.39 is 11.9 Å². The number of nitrogens with one attached hydrogen (secondary N) is 1. The number of ether oxygens (including phenoxy) is 1. The van der Waals surface area contributed by atoms with Crippen LogP contribution in [0.1, 0.15) is 10.4 Å². The van der Waals surface area contributed by atoms with Crippen LogP contribution in [0, 0.1) is 0 Å². The molecule has 0 aliphatic rings. The number of amides is 1. The van der Waals surface area contributed by atoms with Crippen LogP contribution in [0.2, 0.25) is 0 Å². The molecule has 0 atom stereocenters. The molecule has 0 saturated heterocycles. The van der Waals surface area contributed by atoms with Crippen molar-refractivity contribution in [3.63, 3.8) is 0 Å². The number of allylic oxidation sites excluding steroid dienone is 1. The Hall–Kier alpha value is -2.08. The normalized spacial score (nSPS) is 10.2. The van der Waals surface area contributed by atoms with Crippen LogP contribution in [0.3, 0.4) is 0 Å². The predicted molar refractivity (Wildman–Crippen MR) is 75.0 cm³/mol. The Balaban J connectivity index is 2.88. The van der Waals surface area contributed by atoms with Crippen LogP contribution in [0.25, 0.3) is 0 Å². The van der Waals surface area contributed by atoms with Gasteiger partial charge < -0.3 is 15.2 Å². The van der Waals surface area contributed by atoms with E-state index in [0.29, 0.717) is 10.2 Å². The molecule has 1 aromatic rings. The summed E-state index contributed by atoms with van der Waals surface area (Å²) in [5.41, 5.74) is 0.218. The number of carbonyl (C=O) groups excluding carboxylic acids is 1. The fourth-order valence-corrected chi connectivity index (χ4v) is 1.57. The van der Waals surface area contributed by atoms with Crippen LogP contribution >= 0.6 is 15.9 Å². The maximum absolute atomic E-state index is 11.6. The van der Waals surface area contributed by atoms with E-state index in [2.05, 4.69) is 27.8 Å². The number of carbonyl (C=O) groups is 2. The molecule has 0 aliphatic heterocycles. The molecule has 6 heteroatoms. The molecule has 1 rings (SSSR count). The molecule has 0 unspecified atom stereocenters. The van der Waals surface area contributed by atoms with E-state index in [1.807, 2.05) is 0 Å². The first-order valence-corrected chi connectivity index (χ1v) is 5.98. The van der Waals surface area contributed by atoms with Gasteiger partial charge in [0, 0.05) is 10.5 Å². The molecule has 19 heavy (non-hydrogen) atoms. The zero-order valence-electron chi connectivity index (χ0n) is 10.1. The molecule has 2 N–H and O–H groups in total. The number of methoxy groups -OCH3 is 1. The van der Waals surface area contributed by atoms with Gasteiger partial charge in [0.25, 0.3) is 0 Å². The number of hydrogen-bond acceptors (Lipinski definition) is 3. The number of carboxylic acid groups (broad SMARTS) is 1. The molecule has 0 radical (unpaired) electrons. The van der Waals surface area contributed by atoms with Crippen molar-refractivity contribution in [3.05, 3.63) is 52.7 Å². The smallest absolute Gasteiger partial charge is 0.337 e. The summed E-state index contributed by atoms with van der Waals surface area (Å²) in [7, 11) is 1.43. The van der Waals surface area contributed by atoms with E-state index in [4.69, 9.17) is 9.84 Å². The van der Waals surface area contributed by atoms with Crippen molar-refractivity contribution in [1.82, 2.24) is 0 Å². The average molecular weight is 326 g/mol. The van der Waals surface area contributed by atoms with Gasteiger partial charge in [0.1, 0.15) is 5.76 Å². The van der Waals surface area contributed by atoms with Crippen molar-refractivity contribution >= 4 is 33.5 Å². The standard InChI is InChI=1S/C13H12BrNO4/c1-8(19-2)3-6-12(16)15-11-5-4-9(14)7-10(11)13(17)18/h3-7H,1H2,2H3,(H,15,16)(H,17,18)/b6-3+. The summed E-state index contributed by atoms with van der Waals surface area (Å²) in [6, 6.07) is 4.56. The van der Waals surface area contributed by atoms with Crippen LogP contribution in [0.4, 0.5) is 5.69 Å². The molecule has 0 bridgehead atoms. The van der Waals surface area contributed by atoms with Crippen LogP contribution < -0.4 is 5.32 Å². The van der Waals surface area contributed by atoms with Gasteiger partial charge in [0.2, 0.25) is 5.91 Å². The number of aromatic carboxylic acids is 1. The minimum Gasteiger partial charge on any atom is -0.497 e. The van der Waals surface area contributed by atoms with Gasteiger partial charge >= 0.3 is 5.97 Å². The van der Waals surface area contributed by atoms with Crippen LogP contribution in [0.5, 0.6) is 0 Å². The van der Waals surface area contributed by atoms with Gasteiger partial charge in [-0.05, 0) is 24.3 Å². The van der Waals surface area contributed by atoms with Crippen molar-refractivity contribution in [2.24, 2.45) is 0 Å². The summed E-state index contributed by atoms with van der Waals surface area (Å²) in [6.07, 6.45) is 2.59. The lowest BCUT2D eigenvalue weighted by Crippen LogP contribution is -2.12. The van der Waals surface area contributed by atoms with Gasteiger partial charge in [-0.3, -0.25) is 4.79 Å². The molecule has 0 heterocycles. The summed E-state index contributed by atoms with van der Waals surface area (Å²) in [5, 5.41) is 11.5. The highest BCUT2D eigenvalue weighted by molar-refractivity contribution is 9.10. The van der Waals surface area contributed by atoms with Crippen LogP contribution in [0.15, 0.2) is 47.2 Å². The highest BCUT2D eigenvalue weighted by Crippen LogP contribution is 2.21. The molecule has 0 aliphatic carbocycles. The van der Waals surface area contributed by atoms with Crippen LogP contribution in [-0.4, -0.2) is 24.1 Å². The lowest BCUT2D eigenvalue weighted by atomic mass is 10.2. The van der Waals surface area contributed by atoms with E-state index >= 15 is 0 Å². The molecular formula is C13H12BrNO4. The van der Waals surface area contributed by atoms with E-state index in [1.165, 1.54) is 31.4 Å². The fourth-order valence-electron chi connectivity index (χ4n) is 1.21. The first kappa shape index (κ1) is 15.0. The number of benzene rings is 1. The monoisotopic (exact) mass is 325 g/mol. The zero-order valence-corrected chi connectivity index (χ0v) is 11.7. The lowest BCUT2D eigenvalue weighted by molar-refractivity contribution is -0.111. The molecule has 0 fully saturated rings. The summed E-state index contributed by atoms with van der Waals surface area (Å²) in [4.78, 5) is 22.6. The minimum atomic E-state index is -1.12. The largest absolute Gasteiger partial charge is 0.497 e. The number of anilines is 1. The van der Waals surface area contributed by atoms with Crippen molar-refractivity contribution < 1.29 is 19.4 Å². The first-order valence-electron chi connectivity index (χ1n) is 5.19. The van der Waals surface area contributed by atoms with Crippen molar-refractivity contribution in [2.45, 2.75) is 0 Å². The lowest BCUT2D eigenvalue weighted by Gasteiger charge is -2.07. The topological polar surface area (TPSA) is 75.6 Å². The summed E-state index contributed by atoms with van der Waals surface area (Å²) < 4.78 is 5.38. The Morgan fingerprint density at radius 1 is 1.42 bits per heavy atom. The first-order chi connectivity index (χ1) is 8.93. The molecule has 5 nitrogen and oxygen atoms in total. The van der Waals surface area contributed by atoms with Gasteiger partial charge in [0.05, 0.1) is 18.4 Å². The molecule has 0 aromatic heterocycles. The van der Waals surface area contributed by atoms with Crippen molar-refractivity contribution in [1.29, 1.82) is 0 Å². The number of carboxylic acids is 1. The Morgan fingerprint density at radius 2 is 2.11 bits per heavy atom. The number of halogens is 1. The van der Waals surface area contributed by atoms with Gasteiger partial charge in [-0.25, -0.2) is 4.79 Å². The van der Waals surface area contributed by atoms with Gasteiger partial charge in [-0.2, -0.15) is 0 Å². The zero-order chi connectivity index (χ0) is 14.4. The maximum Gasteiger partial charge on any atom is 0.337 e. The highest BCUT2D eigenvalue weighted by Gasteiger charge is 2.11. The van der Waals surface area contributed by atoms with Gasteiger partial charge in [-0.15, -0.1) is 0 Å². The van der Waals surface area contributed by atoms with E-state index in [9.17, 15) is 9.59 Å². The number of hydrogen-bond donors (Lipinski definition) is 2. The second-order valence-electron chi connectivity index (χ2n) is 3.49. The summed E-state index contributed by atoms with van der Waals surface area (Å²) >= 11 is 3.17. The molecule has 100 valence electrons. The quantitative estimate of drug-likeness (QED) is 0.496. The molecule has 0 saturated carbocycles. The third-order valence-electron chi connectivity index (χ3n) is 2.15. The second-order valence-corrected chi connectivity index (χ2v) is 4.40. The fraction of sp³-hybridized carbons (Fsp3) is 0.0769. The van der Waals surface area contributed by atoms with Crippen molar-refractivity contribution in [3.8, 4) is 0 Å². The average Bonchev–Trinajstić information content (AvgIpc) is 2.37. The van der Waals surface area contributed by atoms with E-state index in [0.717, 1.165) is 0 Å². The minimum absolute atomic E-state index is 0.00157. The predicted octanol–water partition coefficient (Wildman–Crippen LogP) is 2.80. The molecule has 0 spiro atoms. The Labute approximate surface area is 118 Å². The third-order valence-corrected chi connectivity index (χ3v) is 2.65. The van der Waals surface area contributed by atoms with E-state index in [-0.39, 0.29) is 11.3 Å². The van der Waals surface area contributed by atoms with Gasteiger partial charge in [0.15, 0.2) is 0 Å². The Morgan fingerprint density at radius 3 is 2.68 bits per heavy atom. The maximum atomic E-state index is 11.6. The Kier molecular flexibility index (Phi) is 5.32. The number of rotatable bonds is 5. The van der Waals surface area contributed by atoms with Crippen LogP contribution in [-0.2, 0) is 9.53 Å². The molecule has 1 amide bonds. The highest BCUT2D eigenvalue weighted by atomic mass is 79.9. The summed E-state index contributed by atoms with van der Waals surface area (Å²) in [6.45, 7) is 3.52. The Bertz CT molecular complexity index is 552. The van der Waals surface area contributed by atoms with Gasteiger partial charge in [-0.1, -0.05) is 22.5 Å². The second kappa shape index (κ2) is 6.75. The molecule has 1 aromatic carbocycles. The van der Waals surface area contributed by atoms with Crippen molar-refractivity contribution in [2.75, 3.05) is 12.4 Å². The van der Waals surface area contributed by atoms with E-state index in [1.54, 1.807) is 6.07 Å². The summed E-state index contributed by atoms with van der Waals surface area (Å²) in [5.74, 6) is -1.27. The third kappa shape index (κ3) is 4.59. The SMILES string of the molecule is C=C(/C=C/C(=O)Nc1ccc(Br)cc1C(=O)O)OC.